The number of carbonyl (C=O) groups excluding carboxylic acids is 2. The Balaban J connectivity index is 2.99. The van der Waals surface area contributed by atoms with Gasteiger partial charge in [-0.3, -0.25) is 14.5 Å². The average molecular weight is 276 g/mol. The number of nitriles is 1. The van der Waals surface area contributed by atoms with E-state index in [1.807, 2.05) is 6.07 Å². The minimum absolute atomic E-state index is 0.108. The molecule has 0 aliphatic heterocycles. The smallest absolute Gasteiger partial charge is 0.231 e. The first kappa shape index (κ1) is 15.5. The highest BCUT2D eigenvalue weighted by atomic mass is 16.5. The maximum Gasteiger partial charge on any atom is 0.231 e. The zero-order valence-corrected chi connectivity index (χ0v) is 11.1. The molecule has 1 aromatic rings. The Morgan fingerprint density at radius 2 is 1.90 bits per heavy atom. The summed E-state index contributed by atoms with van der Waals surface area (Å²) in [5.41, 5.74) is 11.4. The monoisotopic (exact) mass is 276 g/mol. The molecule has 0 spiro atoms. The molecule has 0 saturated carbocycles. The van der Waals surface area contributed by atoms with E-state index in [2.05, 4.69) is 0 Å². The molecule has 106 valence electrons. The molecule has 0 bridgehead atoms. The van der Waals surface area contributed by atoms with E-state index in [-0.39, 0.29) is 19.6 Å². The van der Waals surface area contributed by atoms with Crippen molar-refractivity contribution in [1.29, 1.82) is 5.26 Å². The maximum absolute atomic E-state index is 11.0. The topological polar surface area (TPSA) is 122 Å². The van der Waals surface area contributed by atoms with Gasteiger partial charge in [-0.15, -0.1) is 0 Å². The number of nitrogens with two attached hydrogens (primary N) is 2. The molecule has 1 rings (SSSR count). The Kier molecular flexibility index (Phi) is 5.50. The first-order chi connectivity index (χ1) is 9.46. The van der Waals surface area contributed by atoms with Gasteiger partial charge in [-0.1, -0.05) is 0 Å². The Hall–Kier alpha value is -2.59. The number of ether oxygens (including phenoxy) is 1. The average Bonchev–Trinajstić information content (AvgIpc) is 2.37. The molecule has 7 nitrogen and oxygen atoms in total. The van der Waals surface area contributed by atoms with E-state index in [9.17, 15) is 9.59 Å². The third-order valence-corrected chi connectivity index (χ3v) is 2.56. The SMILES string of the molecule is COc1ccc(C#N)cc1CN(CC(N)=O)CC(N)=O. The molecule has 0 radical (unpaired) electrons. The number of primary amides is 2. The molecule has 0 fully saturated rings. The lowest BCUT2D eigenvalue weighted by atomic mass is 10.1. The predicted octanol–water partition coefficient (Wildman–Crippen LogP) is -0.661. The van der Waals surface area contributed by atoms with Crippen molar-refractivity contribution < 1.29 is 14.3 Å². The van der Waals surface area contributed by atoms with Crippen LogP contribution >= 0.6 is 0 Å². The van der Waals surface area contributed by atoms with E-state index < -0.39 is 11.8 Å². The van der Waals surface area contributed by atoms with Crippen LogP contribution in [-0.2, 0) is 16.1 Å². The fraction of sp³-hybridized carbons (Fsp3) is 0.308. The summed E-state index contributed by atoms with van der Waals surface area (Å²) >= 11 is 0. The highest BCUT2D eigenvalue weighted by Gasteiger charge is 2.14. The van der Waals surface area contributed by atoms with E-state index in [1.165, 1.54) is 12.0 Å². The van der Waals surface area contributed by atoms with Crippen molar-refractivity contribution in [3.8, 4) is 11.8 Å². The quantitative estimate of drug-likeness (QED) is 0.684. The van der Waals surface area contributed by atoms with Gasteiger partial charge in [0.2, 0.25) is 11.8 Å². The summed E-state index contributed by atoms with van der Waals surface area (Å²) in [6, 6.07) is 6.92. The summed E-state index contributed by atoms with van der Waals surface area (Å²) in [5.74, 6) is -0.578. The van der Waals surface area contributed by atoms with Gasteiger partial charge in [0.1, 0.15) is 5.75 Å². The molecule has 2 amide bonds. The number of rotatable bonds is 7. The Morgan fingerprint density at radius 3 is 2.35 bits per heavy atom. The Morgan fingerprint density at radius 1 is 1.30 bits per heavy atom. The third kappa shape index (κ3) is 4.59. The molecular weight excluding hydrogens is 260 g/mol. The standard InChI is InChI=1S/C13H16N4O3/c1-20-11-3-2-9(5-14)4-10(11)6-17(7-12(15)18)8-13(16)19/h2-4H,6-8H2,1H3,(H2,15,18)(H2,16,19). The molecule has 7 heteroatoms. The molecule has 0 saturated heterocycles. The van der Waals surface area contributed by atoms with E-state index in [4.69, 9.17) is 21.5 Å². The number of hydrogen-bond acceptors (Lipinski definition) is 5. The van der Waals surface area contributed by atoms with Crippen LogP contribution in [-0.4, -0.2) is 36.9 Å². The van der Waals surface area contributed by atoms with E-state index in [0.717, 1.165) is 0 Å². The third-order valence-electron chi connectivity index (χ3n) is 2.56. The van der Waals surface area contributed by atoms with Gasteiger partial charge in [0.05, 0.1) is 31.8 Å². The van der Waals surface area contributed by atoms with Crippen LogP contribution in [0.25, 0.3) is 0 Å². The number of amides is 2. The van der Waals surface area contributed by atoms with Crippen LogP contribution < -0.4 is 16.2 Å². The lowest BCUT2D eigenvalue weighted by Crippen LogP contribution is -2.39. The summed E-state index contributed by atoms with van der Waals surface area (Å²) < 4.78 is 5.19. The van der Waals surface area contributed by atoms with Gasteiger partial charge in [0.25, 0.3) is 0 Å². The Labute approximate surface area is 116 Å². The van der Waals surface area contributed by atoms with Gasteiger partial charge < -0.3 is 16.2 Å². The van der Waals surface area contributed by atoms with Gasteiger partial charge >= 0.3 is 0 Å². The normalized spacial score (nSPS) is 10.1. The molecule has 0 aliphatic carbocycles. The molecule has 1 aromatic carbocycles. The van der Waals surface area contributed by atoms with Crippen LogP contribution in [0.5, 0.6) is 5.75 Å². The van der Waals surface area contributed by atoms with Crippen molar-refractivity contribution in [2.24, 2.45) is 11.5 Å². The number of benzene rings is 1. The van der Waals surface area contributed by atoms with Crippen LogP contribution in [0.4, 0.5) is 0 Å². The first-order valence-corrected chi connectivity index (χ1v) is 5.82. The second-order valence-electron chi connectivity index (χ2n) is 4.22. The van der Waals surface area contributed by atoms with Gasteiger partial charge in [0, 0.05) is 12.1 Å². The molecule has 20 heavy (non-hydrogen) atoms. The second-order valence-corrected chi connectivity index (χ2v) is 4.22. The molecule has 0 aliphatic rings. The highest BCUT2D eigenvalue weighted by molar-refractivity contribution is 5.79. The number of methoxy groups -OCH3 is 1. The van der Waals surface area contributed by atoms with Gasteiger partial charge in [-0.25, -0.2) is 0 Å². The second kappa shape index (κ2) is 7.11. The summed E-state index contributed by atoms with van der Waals surface area (Å²) in [6.45, 7) is 0.0102. The van der Waals surface area contributed by atoms with Gasteiger partial charge in [0.15, 0.2) is 0 Å². The largest absolute Gasteiger partial charge is 0.496 e. The van der Waals surface area contributed by atoms with Crippen molar-refractivity contribution in [2.45, 2.75) is 6.54 Å². The van der Waals surface area contributed by atoms with Crippen LogP contribution in [0, 0.1) is 11.3 Å². The fourth-order valence-electron chi connectivity index (χ4n) is 1.82. The van der Waals surface area contributed by atoms with E-state index in [0.29, 0.717) is 16.9 Å². The molecular formula is C13H16N4O3. The van der Waals surface area contributed by atoms with Crippen LogP contribution in [0.2, 0.25) is 0 Å². The van der Waals surface area contributed by atoms with Crippen LogP contribution in [0.15, 0.2) is 18.2 Å². The zero-order chi connectivity index (χ0) is 15.1. The molecule has 0 heterocycles. The number of hydrogen-bond donors (Lipinski definition) is 2. The molecule has 4 N–H and O–H groups in total. The van der Waals surface area contributed by atoms with E-state index in [1.54, 1.807) is 18.2 Å². The van der Waals surface area contributed by atoms with Crippen molar-refractivity contribution in [2.75, 3.05) is 20.2 Å². The summed E-state index contributed by atoms with van der Waals surface area (Å²) in [4.78, 5) is 23.5. The maximum atomic E-state index is 11.0. The summed E-state index contributed by atoms with van der Waals surface area (Å²) in [6.07, 6.45) is 0. The molecule has 0 aromatic heterocycles. The van der Waals surface area contributed by atoms with Crippen molar-refractivity contribution >= 4 is 11.8 Å². The summed E-state index contributed by atoms with van der Waals surface area (Å²) in [5, 5.41) is 8.90. The zero-order valence-electron chi connectivity index (χ0n) is 11.1. The summed E-state index contributed by atoms with van der Waals surface area (Å²) in [7, 11) is 1.50. The van der Waals surface area contributed by atoms with Crippen molar-refractivity contribution in [3.05, 3.63) is 29.3 Å². The minimum atomic E-state index is -0.568. The fourth-order valence-corrected chi connectivity index (χ4v) is 1.82. The van der Waals surface area contributed by atoms with Gasteiger partial charge in [-0.05, 0) is 18.2 Å². The number of carbonyl (C=O) groups is 2. The number of nitrogens with zero attached hydrogens (tertiary/aromatic N) is 2. The molecule has 0 unspecified atom stereocenters. The van der Waals surface area contributed by atoms with Crippen LogP contribution in [0.1, 0.15) is 11.1 Å². The Bertz CT molecular complexity index is 535. The highest BCUT2D eigenvalue weighted by Crippen LogP contribution is 2.21. The minimum Gasteiger partial charge on any atom is -0.496 e. The van der Waals surface area contributed by atoms with Crippen molar-refractivity contribution in [3.63, 3.8) is 0 Å². The lowest BCUT2D eigenvalue weighted by Gasteiger charge is -2.20. The first-order valence-electron chi connectivity index (χ1n) is 5.82. The predicted molar refractivity (Wildman–Crippen MR) is 71.4 cm³/mol. The van der Waals surface area contributed by atoms with E-state index >= 15 is 0 Å². The van der Waals surface area contributed by atoms with Gasteiger partial charge in [-0.2, -0.15) is 5.26 Å². The van der Waals surface area contributed by atoms with Crippen molar-refractivity contribution in [1.82, 2.24) is 4.90 Å². The molecule has 0 atom stereocenters. The van der Waals surface area contributed by atoms with Crippen LogP contribution in [0.3, 0.4) is 0 Å². The lowest BCUT2D eigenvalue weighted by molar-refractivity contribution is -0.122.